The topological polar surface area (TPSA) is 40.5 Å². The van der Waals surface area contributed by atoms with Gasteiger partial charge in [-0.1, -0.05) is 0 Å². The van der Waals surface area contributed by atoms with Crippen LogP contribution in [0.3, 0.4) is 0 Å². The summed E-state index contributed by atoms with van der Waals surface area (Å²) in [6.45, 7) is 2.36. The Hall–Kier alpha value is -1.29. The van der Waals surface area contributed by atoms with E-state index in [2.05, 4.69) is 0 Å². The lowest BCUT2D eigenvalue weighted by molar-refractivity contribution is 0.0997. The zero-order chi connectivity index (χ0) is 11.0. The summed E-state index contributed by atoms with van der Waals surface area (Å²) in [6.07, 6.45) is 2.87. The number of hydrogen-bond donors (Lipinski definition) is 0. The second-order valence-electron chi connectivity index (χ2n) is 3.79. The zero-order valence-electron chi connectivity index (χ0n) is 9.24. The normalized spacial score (nSPS) is 19.0. The highest BCUT2D eigenvalue weighted by Crippen LogP contribution is 2.32. The van der Waals surface area contributed by atoms with Gasteiger partial charge in [0.05, 0.1) is 24.5 Å². The van der Waals surface area contributed by atoms with Crippen LogP contribution in [0, 0.1) is 0 Å². The van der Waals surface area contributed by atoms with Crippen LogP contribution in [0.25, 0.3) is 0 Å². The van der Waals surface area contributed by atoms with Crippen molar-refractivity contribution in [1.29, 1.82) is 0 Å². The quantitative estimate of drug-likeness (QED) is 0.704. The first-order valence-corrected chi connectivity index (χ1v) is 4.97. The van der Waals surface area contributed by atoms with Gasteiger partial charge in [-0.15, -0.1) is 0 Å². The molecule has 0 spiro atoms. The van der Waals surface area contributed by atoms with Gasteiger partial charge in [0.15, 0.2) is 11.5 Å². The van der Waals surface area contributed by atoms with Crippen LogP contribution in [0.1, 0.15) is 23.0 Å². The molecule has 1 aromatic rings. The maximum atomic E-state index is 11.4. The van der Waals surface area contributed by atoms with Crippen LogP contribution in [0.4, 0.5) is 0 Å². The summed E-state index contributed by atoms with van der Waals surface area (Å²) in [5.74, 6) is 0.754. The first-order valence-electron chi connectivity index (χ1n) is 4.97. The first-order chi connectivity index (χ1) is 7.17. The Morgan fingerprint density at radius 3 is 2.80 bits per heavy atom. The second kappa shape index (κ2) is 3.70. The molecule has 1 aromatic heterocycles. The summed E-state index contributed by atoms with van der Waals surface area (Å²) in [5.41, 5.74) is 1.73. The molecule has 0 unspecified atom stereocenters. The van der Waals surface area contributed by atoms with Crippen molar-refractivity contribution in [3.05, 3.63) is 17.5 Å². The lowest BCUT2D eigenvalue weighted by Gasteiger charge is -2.06. The van der Waals surface area contributed by atoms with Gasteiger partial charge in [-0.2, -0.15) is 0 Å². The number of nitrogens with zero attached hydrogens (tertiary/aromatic N) is 1. The fourth-order valence-electron chi connectivity index (χ4n) is 2.09. The molecule has 0 aliphatic carbocycles. The monoisotopic (exact) mass is 209 g/mol. The summed E-state index contributed by atoms with van der Waals surface area (Å²) in [4.78, 5) is 11.4. The highest BCUT2D eigenvalue weighted by atomic mass is 16.5. The molecule has 1 aliphatic heterocycles. The minimum atomic E-state index is 0.0442. The molecule has 0 radical (unpaired) electrons. The van der Waals surface area contributed by atoms with Gasteiger partial charge in [0.2, 0.25) is 0 Å². The third kappa shape index (κ3) is 1.55. The molecule has 4 heteroatoms. The lowest BCUT2D eigenvalue weighted by Crippen LogP contribution is -2.11. The van der Waals surface area contributed by atoms with Crippen molar-refractivity contribution >= 4 is 5.78 Å². The standard InChI is InChI=1S/C11H15NO3/c1-7(13)9-6-12-5-8(14-2)4-10(12)11(9)15-3/h6,8H,4-5H2,1-3H3/t8-/m1/s1. The summed E-state index contributed by atoms with van der Waals surface area (Å²) < 4.78 is 12.6. The highest BCUT2D eigenvalue weighted by molar-refractivity contribution is 5.97. The van der Waals surface area contributed by atoms with E-state index >= 15 is 0 Å². The molecule has 0 amide bonds. The van der Waals surface area contributed by atoms with Crippen LogP contribution >= 0.6 is 0 Å². The Balaban J connectivity index is 2.39. The zero-order valence-corrected chi connectivity index (χ0v) is 9.24. The van der Waals surface area contributed by atoms with Gasteiger partial charge in [0.1, 0.15) is 0 Å². The predicted octanol–water partition coefficient (Wildman–Crippen LogP) is 1.27. The molecular formula is C11H15NO3. The Labute approximate surface area is 88.8 Å². The van der Waals surface area contributed by atoms with Gasteiger partial charge in [0, 0.05) is 26.3 Å². The minimum absolute atomic E-state index is 0.0442. The van der Waals surface area contributed by atoms with Crippen LogP contribution in [0.15, 0.2) is 6.20 Å². The molecule has 2 heterocycles. The molecule has 1 aliphatic rings. The second-order valence-corrected chi connectivity index (χ2v) is 3.79. The van der Waals surface area contributed by atoms with Crippen molar-refractivity contribution in [2.24, 2.45) is 0 Å². The predicted molar refractivity (Wildman–Crippen MR) is 55.5 cm³/mol. The van der Waals surface area contributed by atoms with Gasteiger partial charge in [-0.25, -0.2) is 0 Å². The van der Waals surface area contributed by atoms with Crippen molar-refractivity contribution < 1.29 is 14.3 Å². The Kier molecular flexibility index (Phi) is 2.52. The van der Waals surface area contributed by atoms with Crippen molar-refractivity contribution in [2.45, 2.75) is 26.0 Å². The number of Topliss-reactive ketones (excluding diaryl/α,β-unsaturated/α-hetero) is 1. The van der Waals surface area contributed by atoms with E-state index in [0.29, 0.717) is 11.3 Å². The number of carbonyl (C=O) groups excluding carboxylic acids is 1. The molecule has 82 valence electrons. The van der Waals surface area contributed by atoms with Gasteiger partial charge in [0.25, 0.3) is 0 Å². The average Bonchev–Trinajstić information content (AvgIpc) is 2.72. The maximum absolute atomic E-state index is 11.4. The van der Waals surface area contributed by atoms with Crippen LogP contribution in [-0.4, -0.2) is 30.7 Å². The van der Waals surface area contributed by atoms with E-state index in [-0.39, 0.29) is 11.9 Å². The van der Waals surface area contributed by atoms with E-state index in [1.54, 1.807) is 21.1 Å². The first kappa shape index (κ1) is 10.2. The highest BCUT2D eigenvalue weighted by Gasteiger charge is 2.28. The van der Waals surface area contributed by atoms with E-state index in [1.165, 1.54) is 0 Å². The molecule has 4 nitrogen and oxygen atoms in total. The molecule has 0 fully saturated rings. The fourth-order valence-corrected chi connectivity index (χ4v) is 2.09. The third-order valence-corrected chi connectivity index (χ3v) is 2.88. The average molecular weight is 209 g/mol. The number of aromatic nitrogens is 1. The van der Waals surface area contributed by atoms with Crippen molar-refractivity contribution in [3.63, 3.8) is 0 Å². The van der Waals surface area contributed by atoms with E-state index in [4.69, 9.17) is 9.47 Å². The Morgan fingerprint density at radius 2 is 2.27 bits per heavy atom. The SMILES string of the molecule is COc1c(C(C)=O)cn2c1C[C@@H](OC)C2. The smallest absolute Gasteiger partial charge is 0.165 e. The number of hydrogen-bond acceptors (Lipinski definition) is 3. The van der Waals surface area contributed by atoms with E-state index in [0.717, 1.165) is 18.7 Å². The third-order valence-electron chi connectivity index (χ3n) is 2.88. The van der Waals surface area contributed by atoms with Crippen LogP contribution in [-0.2, 0) is 17.7 Å². The van der Waals surface area contributed by atoms with Gasteiger partial charge in [-0.05, 0) is 6.92 Å². The molecule has 0 saturated heterocycles. The van der Waals surface area contributed by atoms with Gasteiger partial charge >= 0.3 is 0 Å². The fraction of sp³-hybridized carbons (Fsp3) is 0.545. The van der Waals surface area contributed by atoms with Gasteiger partial charge in [-0.3, -0.25) is 4.79 Å². The Morgan fingerprint density at radius 1 is 1.53 bits per heavy atom. The molecule has 2 rings (SSSR count). The van der Waals surface area contributed by atoms with Crippen molar-refractivity contribution in [2.75, 3.05) is 14.2 Å². The van der Waals surface area contributed by atoms with Crippen molar-refractivity contribution in [1.82, 2.24) is 4.57 Å². The largest absolute Gasteiger partial charge is 0.494 e. The number of carbonyl (C=O) groups is 1. The summed E-state index contributed by atoms with van der Waals surface area (Å²) in [5, 5.41) is 0. The molecule has 0 N–H and O–H groups in total. The maximum Gasteiger partial charge on any atom is 0.165 e. The molecular weight excluding hydrogens is 194 g/mol. The Bertz CT molecular complexity index is 395. The number of ether oxygens (including phenoxy) is 2. The molecule has 0 aromatic carbocycles. The molecule has 0 bridgehead atoms. The number of fused-ring (bicyclic) bond motifs is 1. The molecule has 1 atom stereocenters. The number of ketones is 1. The summed E-state index contributed by atoms with van der Waals surface area (Å²) in [6, 6.07) is 0. The van der Waals surface area contributed by atoms with Crippen LogP contribution in [0.2, 0.25) is 0 Å². The van der Waals surface area contributed by atoms with Crippen LogP contribution < -0.4 is 4.74 Å². The minimum Gasteiger partial charge on any atom is -0.494 e. The van der Waals surface area contributed by atoms with E-state index in [1.807, 2.05) is 10.8 Å². The van der Waals surface area contributed by atoms with Crippen LogP contribution in [0.5, 0.6) is 5.75 Å². The molecule has 0 saturated carbocycles. The number of methoxy groups -OCH3 is 2. The van der Waals surface area contributed by atoms with Crippen molar-refractivity contribution in [3.8, 4) is 5.75 Å². The summed E-state index contributed by atoms with van der Waals surface area (Å²) in [7, 11) is 3.30. The van der Waals surface area contributed by atoms with Gasteiger partial charge < -0.3 is 14.0 Å². The number of rotatable bonds is 3. The lowest BCUT2D eigenvalue weighted by atomic mass is 10.1. The molecule has 15 heavy (non-hydrogen) atoms. The van der Waals surface area contributed by atoms with E-state index in [9.17, 15) is 4.79 Å². The summed E-state index contributed by atoms with van der Waals surface area (Å²) >= 11 is 0. The van der Waals surface area contributed by atoms with E-state index < -0.39 is 0 Å².